The van der Waals surface area contributed by atoms with Gasteiger partial charge in [-0.1, -0.05) is 43.1 Å². The van der Waals surface area contributed by atoms with Crippen molar-refractivity contribution < 1.29 is 4.79 Å². The molecular formula is C11H20BrNO. The summed E-state index contributed by atoms with van der Waals surface area (Å²) in [5.74, 6) is 0.189. The molecule has 0 aromatic carbocycles. The molecule has 0 aromatic heterocycles. The number of halogens is 1. The summed E-state index contributed by atoms with van der Waals surface area (Å²) in [6, 6.07) is 0.352. The number of nitrogens with one attached hydrogen (secondary N) is 1. The topological polar surface area (TPSA) is 29.1 Å². The molecule has 2 unspecified atom stereocenters. The van der Waals surface area contributed by atoms with Gasteiger partial charge in [0.2, 0.25) is 5.91 Å². The number of carbonyl (C=O) groups is 1. The minimum absolute atomic E-state index is 0.0878. The standard InChI is InChI=1S/C11H20BrNO/c1-11(2,3)7-10(14)13-9-6-4-5-8(9)12/h8-9H,4-7H2,1-3H3,(H,13,14). The van der Waals surface area contributed by atoms with E-state index in [0.29, 0.717) is 17.3 Å². The van der Waals surface area contributed by atoms with Gasteiger partial charge in [-0.25, -0.2) is 0 Å². The molecule has 2 nitrogen and oxygen atoms in total. The first kappa shape index (κ1) is 12.0. The highest BCUT2D eigenvalue weighted by Gasteiger charge is 2.27. The molecule has 0 radical (unpaired) electrons. The van der Waals surface area contributed by atoms with Gasteiger partial charge in [0.15, 0.2) is 0 Å². The van der Waals surface area contributed by atoms with E-state index in [1.165, 1.54) is 12.8 Å². The van der Waals surface area contributed by atoms with Gasteiger partial charge in [0.25, 0.3) is 0 Å². The first-order valence-electron chi connectivity index (χ1n) is 5.32. The van der Waals surface area contributed by atoms with Crippen LogP contribution in [0.2, 0.25) is 0 Å². The second kappa shape index (κ2) is 4.65. The fraction of sp³-hybridized carbons (Fsp3) is 0.909. The van der Waals surface area contributed by atoms with Gasteiger partial charge in [0.1, 0.15) is 0 Å². The van der Waals surface area contributed by atoms with Crippen LogP contribution >= 0.6 is 15.9 Å². The molecule has 1 amide bonds. The normalized spacial score (nSPS) is 27.7. The molecule has 1 rings (SSSR count). The maximum absolute atomic E-state index is 11.6. The number of rotatable bonds is 2. The molecular weight excluding hydrogens is 242 g/mol. The number of hydrogen-bond donors (Lipinski definition) is 1. The lowest BCUT2D eigenvalue weighted by atomic mass is 9.92. The smallest absolute Gasteiger partial charge is 0.220 e. The fourth-order valence-electron chi connectivity index (χ4n) is 1.82. The van der Waals surface area contributed by atoms with Crippen LogP contribution in [0.5, 0.6) is 0 Å². The van der Waals surface area contributed by atoms with Crippen LogP contribution in [0.15, 0.2) is 0 Å². The second-order valence-corrected chi connectivity index (χ2v) is 6.53. The van der Waals surface area contributed by atoms with Crippen LogP contribution in [-0.2, 0) is 4.79 Å². The summed E-state index contributed by atoms with van der Waals surface area (Å²) in [4.78, 5) is 12.1. The molecule has 3 heteroatoms. The monoisotopic (exact) mass is 261 g/mol. The van der Waals surface area contributed by atoms with E-state index in [-0.39, 0.29) is 11.3 Å². The number of alkyl halides is 1. The summed E-state index contributed by atoms with van der Waals surface area (Å²) in [5, 5.41) is 3.10. The molecule has 0 aliphatic heterocycles. The molecule has 14 heavy (non-hydrogen) atoms. The molecule has 0 saturated heterocycles. The van der Waals surface area contributed by atoms with Crippen molar-refractivity contribution in [3.05, 3.63) is 0 Å². The van der Waals surface area contributed by atoms with Crippen molar-refractivity contribution in [3.63, 3.8) is 0 Å². The van der Waals surface area contributed by atoms with Crippen molar-refractivity contribution in [2.24, 2.45) is 5.41 Å². The van der Waals surface area contributed by atoms with Crippen LogP contribution in [0, 0.1) is 5.41 Å². The van der Waals surface area contributed by atoms with Gasteiger partial charge >= 0.3 is 0 Å². The molecule has 1 N–H and O–H groups in total. The Morgan fingerprint density at radius 1 is 1.43 bits per heavy atom. The molecule has 1 saturated carbocycles. The predicted molar refractivity (Wildman–Crippen MR) is 62.6 cm³/mol. The zero-order chi connectivity index (χ0) is 10.8. The Bertz CT molecular complexity index is 210. The summed E-state index contributed by atoms with van der Waals surface area (Å²) < 4.78 is 0. The van der Waals surface area contributed by atoms with E-state index in [1.54, 1.807) is 0 Å². The van der Waals surface area contributed by atoms with Crippen LogP contribution in [0.1, 0.15) is 46.5 Å². The predicted octanol–water partition coefficient (Wildman–Crippen LogP) is 2.85. The maximum Gasteiger partial charge on any atom is 0.220 e. The first-order chi connectivity index (χ1) is 6.38. The Morgan fingerprint density at radius 2 is 2.07 bits per heavy atom. The Hall–Kier alpha value is -0.0500. The fourth-order valence-corrected chi connectivity index (χ4v) is 2.54. The van der Waals surface area contributed by atoms with Gasteiger partial charge < -0.3 is 5.32 Å². The summed E-state index contributed by atoms with van der Waals surface area (Å²) in [7, 11) is 0. The van der Waals surface area contributed by atoms with Crippen molar-refractivity contribution >= 4 is 21.8 Å². The third kappa shape index (κ3) is 3.99. The Morgan fingerprint density at radius 3 is 2.50 bits per heavy atom. The highest BCUT2D eigenvalue weighted by Crippen LogP contribution is 2.26. The minimum atomic E-state index is 0.0878. The third-order valence-electron chi connectivity index (χ3n) is 2.47. The van der Waals surface area contributed by atoms with Crippen molar-refractivity contribution in [1.82, 2.24) is 5.32 Å². The number of hydrogen-bond acceptors (Lipinski definition) is 1. The van der Waals surface area contributed by atoms with Crippen LogP contribution < -0.4 is 5.32 Å². The Kier molecular flexibility index (Phi) is 3.99. The highest BCUT2D eigenvalue weighted by molar-refractivity contribution is 9.09. The SMILES string of the molecule is CC(C)(C)CC(=O)NC1CCCC1Br. The highest BCUT2D eigenvalue weighted by atomic mass is 79.9. The lowest BCUT2D eigenvalue weighted by Crippen LogP contribution is -2.39. The second-order valence-electron chi connectivity index (χ2n) is 5.36. The zero-order valence-electron chi connectivity index (χ0n) is 9.27. The van der Waals surface area contributed by atoms with Gasteiger partial charge in [0, 0.05) is 17.3 Å². The molecule has 0 bridgehead atoms. The largest absolute Gasteiger partial charge is 0.352 e. The van der Waals surface area contributed by atoms with Crippen molar-refractivity contribution in [1.29, 1.82) is 0 Å². The van der Waals surface area contributed by atoms with E-state index >= 15 is 0 Å². The third-order valence-corrected chi connectivity index (χ3v) is 3.56. The summed E-state index contributed by atoms with van der Waals surface area (Å²) in [6.45, 7) is 6.27. The minimum Gasteiger partial charge on any atom is -0.352 e. The van der Waals surface area contributed by atoms with E-state index in [1.807, 2.05) is 0 Å². The van der Waals surface area contributed by atoms with Gasteiger partial charge in [-0.3, -0.25) is 4.79 Å². The van der Waals surface area contributed by atoms with Crippen LogP contribution in [0.25, 0.3) is 0 Å². The average molecular weight is 262 g/mol. The number of amides is 1. The molecule has 82 valence electrons. The molecule has 0 spiro atoms. The van der Waals surface area contributed by atoms with Gasteiger partial charge in [-0.15, -0.1) is 0 Å². The van der Waals surface area contributed by atoms with Gasteiger partial charge in [-0.05, 0) is 18.3 Å². The molecule has 1 fully saturated rings. The number of carbonyl (C=O) groups excluding carboxylic acids is 1. The van der Waals surface area contributed by atoms with Crippen molar-refractivity contribution in [3.8, 4) is 0 Å². The van der Waals surface area contributed by atoms with Crippen LogP contribution in [-0.4, -0.2) is 16.8 Å². The Balaban J connectivity index is 2.33. The van der Waals surface area contributed by atoms with E-state index in [0.717, 1.165) is 6.42 Å². The van der Waals surface area contributed by atoms with Crippen LogP contribution in [0.4, 0.5) is 0 Å². The molecule has 1 aliphatic rings. The molecule has 0 aromatic rings. The maximum atomic E-state index is 11.6. The van der Waals surface area contributed by atoms with Gasteiger partial charge in [0.05, 0.1) is 0 Å². The van der Waals surface area contributed by atoms with E-state index in [9.17, 15) is 4.79 Å². The lowest BCUT2D eigenvalue weighted by Gasteiger charge is -2.21. The van der Waals surface area contributed by atoms with Crippen molar-refractivity contribution in [2.45, 2.75) is 57.3 Å². The Labute approximate surface area is 95.0 Å². The van der Waals surface area contributed by atoms with Gasteiger partial charge in [-0.2, -0.15) is 0 Å². The molecule has 2 atom stereocenters. The lowest BCUT2D eigenvalue weighted by molar-refractivity contribution is -0.123. The summed E-state index contributed by atoms with van der Waals surface area (Å²) >= 11 is 3.60. The van der Waals surface area contributed by atoms with E-state index < -0.39 is 0 Å². The van der Waals surface area contributed by atoms with Crippen molar-refractivity contribution in [2.75, 3.05) is 0 Å². The first-order valence-corrected chi connectivity index (χ1v) is 6.23. The van der Waals surface area contributed by atoms with Crippen LogP contribution in [0.3, 0.4) is 0 Å². The molecule has 1 aliphatic carbocycles. The quantitative estimate of drug-likeness (QED) is 0.762. The summed E-state index contributed by atoms with van der Waals surface area (Å²) in [6.07, 6.45) is 4.13. The summed E-state index contributed by atoms with van der Waals surface area (Å²) in [5.41, 5.74) is 0.0878. The zero-order valence-corrected chi connectivity index (χ0v) is 10.9. The van der Waals surface area contributed by atoms with E-state index in [2.05, 4.69) is 42.0 Å². The molecule has 0 heterocycles. The van der Waals surface area contributed by atoms with E-state index in [4.69, 9.17) is 0 Å². The average Bonchev–Trinajstić information content (AvgIpc) is 2.32.